The van der Waals surface area contributed by atoms with Crippen LogP contribution in [0.4, 0.5) is 4.39 Å². The predicted octanol–water partition coefficient (Wildman–Crippen LogP) is 4.09. The summed E-state index contributed by atoms with van der Waals surface area (Å²) in [6, 6.07) is 9.14. The molecule has 7 heteroatoms. The van der Waals surface area contributed by atoms with Crippen LogP contribution in [0.3, 0.4) is 0 Å². The molecule has 1 N–H and O–H groups in total. The Labute approximate surface area is 167 Å². The first-order valence-corrected chi connectivity index (χ1v) is 10.5. The van der Waals surface area contributed by atoms with E-state index < -0.39 is 0 Å². The molecule has 28 heavy (non-hydrogen) atoms. The van der Waals surface area contributed by atoms with E-state index in [1.807, 2.05) is 0 Å². The fraction of sp³-hybridized carbons (Fsp3) is 0.429. The van der Waals surface area contributed by atoms with Gasteiger partial charge in [-0.3, -0.25) is 4.79 Å². The average Bonchev–Trinajstić information content (AvgIpc) is 3.33. The van der Waals surface area contributed by atoms with Gasteiger partial charge in [0.25, 0.3) is 0 Å². The minimum Gasteiger partial charge on any atom is -0.356 e. The third-order valence-electron chi connectivity index (χ3n) is 5.35. The Hall–Kier alpha value is -2.25. The molecule has 0 unspecified atom stereocenters. The van der Waals surface area contributed by atoms with E-state index >= 15 is 0 Å². The molecule has 148 valence electrons. The van der Waals surface area contributed by atoms with Crippen LogP contribution in [0.2, 0.25) is 0 Å². The Morgan fingerprint density at radius 3 is 2.86 bits per heavy atom. The van der Waals surface area contributed by atoms with Crippen molar-refractivity contribution in [2.45, 2.75) is 38.6 Å². The second-order valence-corrected chi connectivity index (χ2v) is 8.58. The summed E-state index contributed by atoms with van der Waals surface area (Å²) in [5.41, 5.74) is 1.30. The van der Waals surface area contributed by atoms with Gasteiger partial charge in [-0.1, -0.05) is 11.2 Å². The van der Waals surface area contributed by atoms with Gasteiger partial charge in [-0.05, 0) is 56.6 Å². The van der Waals surface area contributed by atoms with Crippen LogP contribution in [-0.4, -0.2) is 35.6 Å². The van der Waals surface area contributed by atoms with Gasteiger partial charge in [0.2, 0.25) is 5.91 Å². The van der Waals surface area contributed by atoms with Crippen molar-refractivity contribution in [3.63, 3.8) is 0 Å². The lowest BCUT2D eigenvalue weighted by atomic mass is 9.91. The van der Waals surface area contributed by atoms with Crippen LogP contribution in [0.15, 0.2) is 34.9 Å². The molecule has 1 saturated heterocycles. The van der Waals surface area contributed by atoms with Gasteiger partial charge in [0.15, 0.2) is 5.58 Å². The number of likely N-dealkylation sites (tertiary alicyclic amines) is 1. The first-order chi connectivity index (χ1) is 13.6. The number of carbonyl (C=O) groups excluding carboxylic acids is 1. The van der Waals surface area contributed by atoms with Gasteiger partial charge in [-0.2, -0.15) is 0 Å². The van der Waals surface area contributed by atoms with E-state index in [1.165, 1.54) is 22.7 Å². The van der Waals surface area contributed by atoms with Gasteiger partial charge in [-0.25, -0.2) is 4.39 Å². The molecule has 0 spiro atoms. The summed E-state index contributed by atoms with van der Waals surface area (Å²) >= 11 is 1.76. The van der Waals surface area contributed by atoms with Crippen LogP contribution in [-0.2, 0) is 17.8 Å². The van der Waals surface area contributed by atoms with E-state index in [-0.39, 0.29) is 17.6 Å². The third kappa shape index (κ3) is 4.25. The number of nitrogens with zero attached hydrogens (tertiary/aromatic N) is 2. The highest BCUT2D eigenvalue weighted by Gasteiger charge is 2.26. The van der Waals surface area contributed by atoms with Crippen molar-refractivity contribution in [2.24, 2.45) is 0 Å². The number of benzene rings is 1. The molecule has 3 aromatic rings. The number of fused-ring (bicyclic) bond motifs is 1. The predicted molar refractivity (Wildman–Crippen MR) is 108 cm³/mol. The van der Waals surface area contributed by atoms with Crippen LogP contribution in [0.25, 0.3) is 11.0 Å². The molecule has 3 heterocycles. The van der Waals surface area contributed by atoms with Gasteiger partial charge < -0.3 is 14.7 Å². The second kappa shape index (κ2) is 8.41. The second-order valence-electron chi connectivity index (χ2n) is 7.32. The zero-order valence-corrected chi connectivity index (χ0v) is 16.7. The summed E-state index contributed by atoms with van der Waals surface area (Å²) in [6.07, 6.45) is 2.94. The van der Waals surface area contributed by atoms with Crippen molar-refractivity contribution in [1.82, 2.24) is 15.4 Å². The van der Waals surface area contributed by atoms with Crippen LogP contribution in [0.1, 0.15) is 41.1 Å². The van der Waals surface area contributed by atoms with Crippen LogP contribution in [0, 0.1) is 5.82 Å². The minimum absolute atomic E-state index is 0.00223. The summed E-state index contributed by atoms with van der Waals surface area (Å²) in [4.78, 5) is 16.0. The Morgan fingerprint density at radius 1 is 1.29 bits per heavy atom. The van der Waals surface area contributed by atoms with Crippen LogP contribution < -0.4 is 5.32 Å². The number of halogens is 1. The van der Waals surface area contributed by atoms with E-state index in [2.05, 4.69) is 27.5 Å². The van der Waals surface area contributed by atoms with Crippen molar-refractivity contribution in [3.8, 4) is 0 Å². The summed E-state index contributed by atoms with van der Waals surface area (Å²) in [6.45, 7) is 5.12. The highest BCUT2D eigenvalue weighted by Crippen LogP contribution is 2.33. The molecule has 0 aliphatic carbocycles. The lowest BCUT2D eigenvalue weighted by molar-refractivity contribution is -0.119. The van der Waals surface area contributed by atoms with Gasteiger partial charge >= 0.3 is 0 Å². The van der Waals surface area contributed by atoms with Crippen molar-refractivity contribution in [2.75, 3.05) is 19.6 Å². The monoisotopic (exact) mass is 401 g/mol. The fourth-order valence-corrected chi connectivity index (χ4v) is 4.76. The number of carbonyl (C=O) groups is 1. The van der Waals surface area contributed by atoms with Gasteiger partial charge in [0.05, 0.1) is 17.6 Å². The number of aromatic nitrogens is 1. The molecular formula is C21H24FN3O2S. The third-order valence-corrected chi connectivity index (χ3v) is 6.50. The van der Waals surface area contributed by atoms with Crippen LogP contribution >= 0.6 is 11.3 Å². The maximum Gasteiger partial charge on any atom is 0.217 e. The van der Waals surface area contributed by atoms with E-state index in [4.69, 9.17) is 4.52 Å². The Morgan fingerprint density at radius 2 is 2.07 bits per heavy atom. The quantitative estimate of drug-likeness (QED) is 0.676. The molecule has 0 bridgehead atoms. The van der Waals surface area contributed by atoms with Crippen molar-refractivity contribution < 1.29 is 13.7 Å². The topological polar surface area (TPSA) is 58.4 Å². The van der Waals surface area contributed by atoms with E-state index in [1.54, 1.807) is 23.5 Å². The summed E-state index contributed by atoms with van der Waals surface area (Å²) < 4.78 is 19.5. The molecular weight excluding hydrogens is 377 g/mol. The number of piperidine rings is 1. The van der Waals surface area contributed by atoms with E-state index in [0.717, 1.165) is 44.6 Å². The Balaban J connectivity index is 1.29. The fourth-order valence-electron chi connectivity index (χ4n) is 3.81. The van der Waals surface area contributed by atoms with Crippen molar-refractivity contribution in [1.29, 1.82) is 0 Å². The van der Waals surface area contributed by atoms with Gasteiger partial charge in [0.1, 0.15) is 5.82 Å². The molecule has 5 nitrogen and oxygen atoms in total. The number of rotatable bonds is 6. The summed E-state index contributed by atoms with van der Waals surface area (Å²) in [5.74, 6) is 0.00179. The molecule has 2 aromatic heterocycles. The molecule has 1 amide bonds. The summed E-state index contributed by atoms with van der Waals surface area (Å²) in [5, 5.41) is 7.55. The van der Waals surface area contributed by atoms with Crippen molar-refractivity contribution >= 4 is 28.2 Å². The maximum atomic E-state index is 14.2. The lowest BCUT2D eigenvalue weighted by Gasteiger charge is -2.31. The Bertz CT molecular complexity index is 960. The molecule has 1 fully saturated rings. The molecule has 4 rings (SSSR count). The first-order valence-electron chi connectivity index (χ1n) is 9.68. The first kappa shape index (κ1) is 19.1. The largest absolute Gasteiger partial charge is 0.356 e. The average molecular weight is 402 g/mol. The number of amides is 1. The zero-order valence-electron chi connectivity index (χ0n) is 15.9. The standard InChI is InChI=1S/C21H24FN3O2S/c1-14(26)23-13-17-6-5-16(28-17)9-12-25-10-7-15(8-11-25)21-20-18(22)3-2-4-19(20)27-24-21/h2-6,15H,7-13H2,1H3,(H,23,26). The number of thiophene rings is 1. The van der Waals surface area contributed by atoms with Gasteiger partial charge in [-0.15, -0.1) is 11.3 Å². The van der Waals surface area contributed by atoms with Crippen LogP contribution in [0.5, 0.6) is 0 Å². The van der Waals surface area contributed by atoms with E-state index in [0.29, 0.717) is 17.5 Å². The lowest BCUT2D eigenvalue weighted by Crippen LogP contribution is -2.34. The normalized spacial score (nSPS) is 15.9. The van der Waals surface area contributed by atoms with Crippen molar-refractivity contribution in [3.05, 3.63) is 51.6 Å². The van der Waals surface area contributed by atoms with Gasteiger partial charge in [0, 0.05) is 29.1 Å². The summed E-state index contributed by atoms with van der Waals surface area (Å²) in [7, 11) is 0. The number of hydrogen-bond donors (Lipinski definition) is 1. The molecule has 1 aromatic carbocycles. The van der Waals surface area contributed by atoms with E-state index in [9.17, 15) is 9.18 Å². The molecule has 0 atom stereocenters. The highest BCUT2D eigenvalue weighted by atomic mass is 32.1. The smallest absolute Gasteiger partial charge is 0.217 e. The molecule has 1 aliphatic rings. The SMILES string of the molecule is CC(=O)NCc1ccc(CCN2CCC(c3noc4cccc(F)c34)CC2)s1. The number of hydrogen-bond acceptors (Lipinski definition) is 5. The molecule has 0 saturated carbocycles. The number of nitrogens with one attached hydrogen (secondary N) is 1. The molecule has 0 radical (unpaired) electrons. The zero-order chi connectivity index (χ0) is 19.5. The maximum absolute atomic E-state index is 14.2. The minimum atomic E-state index is -0.246. The molecule has 1 aliphatic heterocycles. The Kier molecular flexibility index (Phi) is 5.73. The highest BCUT2D eigenvalue weighted by molar-refractivity contribution is 7.12.